The molecular formula is C20H21ClN2O5. The van der Waals surface area contributed by atoms with Crippen molar-refractivity contribution in [3.8, 4) is 11.5 Å². The SMILES string of the molecule is COc1cc2c(cc1OC)C(CC(=O)O)N(C(=O)Nc1ccccc1Cl)CC2. The Bertz CT molecular complexity index is 902. The van der Waals surface area contributed by atoms with Gasteiger partial charge in [-0.25, -0.2) is 4.79 Å². The lowest BCUT2D eigenvalue weighted by molar-refractivity contribution is -0.138. The summed E-state index contributed by atoms with van der Waals surface area (Å²) in [7, 11) is 3.06. The number of urea groups is 1. The van der Waals surface area contributed by atoms with Gasteiger partial charge >= 0.3 is 12.0 Å². The van der Waals surface area contributed by atoms with Crippen molar-refractivity contribution in [1.82, 2.24) is 4.90 Å². The van der Waals surface area contributed by atoms with Crippen LogP contribution >= 0.6 is 11.6 Å². The van der Waals surface area contributed by atoms with E-state index in [1.807, 2.05) is 6.07 Å². The number of carbonyl (C=O) groups excluding carboxylic acids is 1. The van der Waals surface area contributed by atoms with E-state index < -0.39 is 18.0 Å². The Labute approximate surface area is 167 Å². The number of halogens is 1. The van der Waals surface area contributed by atoms with E-state index in [9.17, 15) is 14.7 Å². The molecule has 1 aliphatic rings. The second-order valence-electron chi connectivity index (χ2n) is 6.37. The highest BCUT2D eigenvalue weighted by Crippen LogP contribution is 2.39. The zero-order valence-corrected chi connectivity index (χ0v) is 16.3. The first-order valence-electron chi connectivity index (χ1n) is 8.73. The van der Waals surface area contributed by atoms with Crippen molar-refractivity contribution in [3.63, 3.8) is 0 Å². The lowest BCUT2D eigenvalue weighted by atomic mass is 9.90. The number of ether oxygens (including phenoxy) is 2. The maximum absolute atomic E-state index is 12.9. The number of rotatable bonds is 5. The molecule has 0 bridgehead atoms. The number of fused-ring (bicyclic) bond motifs is 1. The highest BCUT2D eigenvalue weighted by atomic mass is 35.5. The van der Waals surface area contributed by atoms with Gasteiger partial charge in [0.1, 0.15) is 0 Å². The second-order valence-corrected chi connectivity index (χ2v) is 6.78. The van der Waals surface area contributed by atoms with E-state index in [0.29, 0.717) is 35.2 Å². The van der Waals surface area contributed by atoms with E-state index in [4.69, 9.17) is 21.1 Å². The largest absolute Gasteiger partial charge is 0.493 e. The number of methoxy groups -OCH3 is 2. The number of nitrogens with zero attached hydrogens (tertiary/aromatic N) is 1. The molecule has 1 heterocycles. The van der Waals surface area contributed by atoms with Crippen LogP contribution in [-0.4, -0.2) is 42.8 Å². The minimum Gasteiger partial charge on any atom is -0.493 e. The number of anilines is 1. The molecule has 2 aromatic rings. The molecule has 0 aliphatic carbocycles. The lowest BCUT2D eigenvalue weighted by Gasteiger charge is -2.37. The molecule has 0 spiro atoms. The van der Waals surface area contributed by atoms with Gasteiger partial charge in [-0.15, -0.1) is 0 Å². The molecule has 1 unspecified atom stereocenters. The summed E-state index contributed by atoms with van der Waals surface area (Å²) >= 11 is 6.12. The normalized spacial score (nSPS) is 15.5. The van der Waals surface area contributed by atoms with Gasteiger partial charge in [-0.2, -0.15) is 0 Å². The monoisotopic (exact) mass is 404 g/mol. The van der Waals surface area contributed by atoms with Crippen molar-refractivity contribution in [2.24, 2.45) is 0 Å². The first kappa shape index (κ1) is 19.8. The Kier molecular flexibility index (Phi) is 5.94. The lowest BCUT2D eigenvalue weighted by Crippen LogP contribution is -2.43. The summed E-state index contributed by atoms with van der Waals surface area (Å²) in [6, 6.07) is 9.44. The average molecular weight is 405 g/mol. The van der Waals surface area contributed by atoms with Crippen LogP contribution in [0.4, 0.5) is 10.5 Å². The second kappa shape index (κ2) is 8.39. The molecule has 2 aromatic carbocycles. The number of hydrogen-bond donors (Lipinski definition) is 2. The molecule has 8 heteroatoms. The predicted molar refractivity (Wildman–Crippen MR) is 105 cm³/mol. The molecule has 148 valence electrons. The third-order valence-electron chi connectivity index (χ3n) is 4.75. The standard InChI is InChI=1S/C20H21ClN2O5/c1-27-17-9-12-7-8-23(20(26)22-15-6-4-3-5-14(15)21)16(11-19(24)25)13(12)10-18(17)28-2/h3-6,9-10,16H,7-8,11H2,1-2H3,(H,22,26)(H,24,25). The Morgan fingerprint density at radius 3 is 2.54 bits per heavy atom. The van der Waals surface area contributed by atoms with Crippen LogP contribution < -0.4 is 14.8 Å². The van der Waals surface area contributed by atoms with Crippen LogP contribution in [0.15, 0.2) is 36.4 Å². The molecule has 0 saturated carbocycles. The summed E-state index contributed by atoms with van der Waals surface area (Å²) < 4.78 is 10.7. The van der Waals surface area contributed by atoms with Crippen LogP contribution in [-0.2, 0) is 11.2 Å². The highest BCUT2D eigenvalue weighted by molar-refractivity contribution is 6.33. The first-order chi connectivity index (χ1) is 13.4. The van der Waals surface area contributed by atoms with E-state index in [2.05, 4.69) is 5.32 Å². The van der Waals surface area contributed by atoms with Crippen LogP contribution in [0.5, 0.6) is 11.5 Å². The number of hydrogen-bond acceptors (Lipinski definition) is 4. The number of nitrogens with one attached hydrogen (secondary N) is 1. The predicted octanol–water partition coefficient (Wildman–Crippen LogP) is 3.96. The van der Waals surface area contributed by atoms with E-state index >= 15 is 0 Å². The summed E-state index contributed by atoms with van der Waals surface area (Å²) in [5.74, 6) is 0.0671. The van der Waals surface area contributed by atoms with Gasteiger partial charge in [0.2, 0.25) is 0 Å². The summed E-state index contributed by atoms with van der Waals surface area (Å²) in [6.45, 7) is 0.372. The van der Waals surface area contributed by atoms with Gasteiger partial charge in [0.25, 0.3) is 0 Å². The number of para-hydroxylation sites is 1. The van der Waals surface area contributed by atoms with Gasteiger partial charge in [0, 0.05) is 6.54 Å². The van der Waals surface area contributed by atoms with E-state index in [0.717, 1.165) is 11.1 Å². The molecule has 1 aliphatic heterocycles. The molecule has 7 nitrogen and oxygen atoms in total. The van der Waals surface area contributed by atoms with Crippen LogP contribution in [0.3, 0.4) is 0 Å². The van der Waals surface area contributed by atoms with Gasteiger partial charge < -0.3 is 24.8 Å². The van der Waals surface area contributed by atoms with Crippen molar-refractivity contribution in [2.75, 3.05) is 26.1 Å². The third kappa shape index (κ3) is 3.99. The molecule has 28 heavy (non-hydrogen) atoms. The highest BCUT2D eigenvalue weighted by Gasteiger charge is 2.34. The molecule has 0 saturated heterocycles. The molecule has 0 aromatic heterocycles. The van der Waals surface area contributed by atoms with E-state index in [1.54, 1.807) is 37.4 Å². The van der Waals surface area contributed by atoms with Gasteiger partial charge in [-0.05, 0) is 41.8 Å². The minimum atomic E-state index is -0.997. The molecule has 3 rings (SSSR count). The van der Waals surface area contributed by atoms with Crippen molar-refractivity contribution < 1.29 is 24.2 Å². The number of carbonyl (C=O) groups is 2. The molecule has 2 N–H and O–H groups in total. The molecule has 1 atom stereocenters. The van der Waals surface area contributed by atoms with E-state index in [-0.39, 0.29) is 6.42 Å². The fourth-order valence-electron chi connectivity index (χ4n) is 3.41. The Hall–Kier alpha value is -2.93. The summed E-state index contributed by atoms with van der Waals surface area (Å²) in [6.07, 6.45) is 0.347. The van der Waals surface area contributed by atoms with Crippen molar-refractivity contribution in [2.45, 2.75) is 18.9 Å². The average Bonchev–Trinajstić information content (AvgIpc) is 2.68. The number of carboxylic acid groups (broad SMARTS) is 1. The number of benzene rings is 2. The van der Waals surface area contributed by atoms with Gasteiger partial charge in [-0.3, -0.25) is 4.79 Å². The van der Waals surface area contributed by atoms with Crippen LogP contribution in [0.25, 0.3) is 0 Å². The summed E-state index contributed by atoms with van der Waals surface area (Å²) in [5.41, 5.74) is 2.15. The van der Waals surface area contributed by atoms with Crippen LogP contribution in [0.2, 0.25) is 5.02 Å². The summed E-state index contributed by atoms with van der Waals surface area (Å²) in [4.78, 5) is 25.9. The fourth-order valence-corrected chi connectivity index (χ4v) is 3.59. The molecule has 2 amide bonds. The zero-order chi connectivity index (χ0) is 20.3. The van der Waals surface area contributed by atoms with Gasteiger partial charge in [0.05, 0.1) is 37.4 Å². The number of amides is 2. The maximum Gasteiger partial charge on any atom is 0.322 e. The number of aliphatic carboxylic acids is 1. The van der Waals surface area contributed by atoms with E-state index in [1.165, 1.54) is 12.0 Å². The smallest absolute Gasteiger partial charge is 0.322 e. The maximum atomic E-state index is 12.9. The summed E-state index contributed by atoms with van der Waals surface area (Å²) in [5, 5.41) is 12.6. The molecular weight excluding hydrogens is 384 g/mol. The first-order valence-corrected chi connectivity index (χ1v) is 9.11. The Morgan fingerprint density at radius 2 is 1.89 bits per heavy atom. The molecule has 0 fully saturated rings. The van der Waals surface area contributed by atoms with Crippen molar-refractivity contribution >= 4 is 29.3 Å². The Balaban J connectivity index is 1.95. The number of carboxylic acids is 1. The van der Waals surface area contributed by atoms with Crippen molar-refractivity contribution in [1.29, 1.82) is 0 Å². The fraction of sp³-hybridized carbons (Fsp3) is 0.300. The van der Waals surface area contributed by atoms with Crippen molar-refractivity contribution in [3.05, 3.63) is 52.5 Å². The zero-order valence-electron chi connectivity index (χ0n) is 15.6. The minimum absolute atomic E-state index is 0.224. The Morgan fingerprint density at radius 1 is 1.21 bits per heavy atom. The quantitative estimate of drug-likeness (QED) is 0.787. The van der Waals surface area contributed by atoms with Crippen LogP contribution in [0.1, 0.15) is 23.6 Å². The molecule has 0 radical (unpaired) electrons. The van der Waals surface area contributed by atoms with Gasteiger partial charge in [-0.1, -0.05) is 23.7 Å². The topological polar surface area (TPSA) is 88.1 Å². The third-order valence-corrected chi connectivity index (χ3v) is 5.08. The van der Waals surface area contributed by atoms with Crippen LogP contribution in [0, 0.1) is 0 Å². The van der Waals surface area contributed by atoms with Gasteiger partial charge in [0.15, 0.2) is 11.5 Å².